The molecule has 0 bridgehead atoms. The first-order chi connectivity index (χ1) is 7.67. The van der Waals surface area contributed by atoms with Crippen LogP contribution in [0.3, 0.4) is 0 Å². The molecule has 1 nitrogen and oxygen atoms in total. The van der Waals surface area contributed by atoms with Gasteiger partial charge in [-0.05, 0) is 36.6 Å². The summed E-state index contributed by atoms with van der Waals surface area (Å²) >= 11 is 5.78. The lowest BCUT2D eigenvalue weighted by Crippen LogP contribution is -2.20. The Bertz CT molecular complexity index is 350. The predicted octanol–water partition coefficient (Wildman–Crippen LogP) is 3.03. The molecule has 16 heavy (non-hydrogen) atoms. The van der Waals surface area contributed by atoms with Gasteiger partial charge in [-0.1, -0.05) is 0 Å². The van der Waals surface area contributed by atoms with E-state index in [2.05, 4.69) is 4.90 Å². The van der Waals surface area contributed by atoms with Crippen molar-refractivity contribution in [2.75, 3.05) is 19.0 Å². The summed E-state index contributed by atoms with van der Waals surface area (Å²) in [5.41, 5.74) is 0.688. The van der Waals surface area contributed by atoms with Crippen LogP contribution in [0, 0.1) is 17.6 Å². The molecule has 0 N–H and O–H groups in total. The van der Waals surface area contributed by atoms with Crippen molar-refractivity contribution in [3.63, 3.8) is 0 Å². The van der Waals surface area contributed by atoms with E-state index in [1.54, 1.807) is 0 Å². The van der Waals surface area contributed by atoms with Crippen LogP contribution in [0.25, 0.3) is 0 Å². The third kappa shape index (κ3) is 2.92. The van der Waals surface area contributed by atoms with Crippen molar-refractivity contribution >= 4 is 11.6 Å². The van der Waals surface area contributed by atoms with E-state index in [9.17, 15) is 8.78 Å². The van der Waals surface area contributed by atoms with Gasteiger partial charge >= 0.3 is 0 Å². The monoisotopic (exact) mass is 245 g/mol. The van der Waals surface area contributed by atoms with Gasteiger partial charge in [-0.15, -0.1) is 11.6 Å². The van der Waals surface area contributed by atoms with E-state index < -0.39 is 11.6 Å². The van der Waals surface area contributed by atoms with Gasteiger partial charge in [0.25, 0.3) is 0 Å². The van der Waals surface area contributed by atoms with Crippen molar-refractivity contribution in [3.8, 4) is 0 Å². The van der Waals surface area contributed by atoms with Gasteiger partial charge in [-0.25, -0.2) is 8.78 Å². The van der Waals surface area contributed by atoms with E-state index in [-0.39, 0.29) is 0 Å². The summed E-state index contributed by atoms with van der Waals surface area (Å²) in [6, 6.07) is 3.67. The van der Waals surface area contributed by atoms with Gasteiger partial charge in [0.15, 0.2) is 0 Å². The summed E-state index contributed by atoms with van der Waals surface area (Å²) in [4.78, 5) is 2.18. The van der Waals surface area contributed by atoms with Gasteiger partial charge in [0.1, 0.15) is 11.6 Å². The Morgan fingerprint density at radius 2 is 1.94 bits per heavy atom. The van der Waals surface area contributed by atoms with Gasteiger partial charge < -0.3 is 0 Å². The molecule has 1 saturated heterocycles. The van der Waals surface area contributed by atoms with Crippen LogP contribution < -0.4 is 0 Å². The molecule has 0 spiro atoms. The van der Waals surface area contributed by atoms with Gasteiger partial charge in [0, 0.05) is 25.0 Å². The van der Waals surface area contributed by atoms with Crippen LogP contribution in [-0.2, 0) is 6.54 Å². The second kappa shape index (κ2) is 5.11. The normalized spacial score (nSPS) is 21.6. The van der Waals surface area contributed by atoms with Crippen molar-refractivity contribution < 1.29 is 8.78 Å². The fourth-order valence-corrected chi connectivity index (χ4v) is 2.39. The Kier molecular flexibility index (Phi) is 3.77. The van der Waals surface area contributed by atoms with Crippen LogP contribution in [0.2, 0.25) is 0 Å². The highest BCUT2D eigenvalue weighted by Gasteiger charge is 2.21. The minimum absolute atomic E-state index is 0.511. The lowest BCUT2D eigenvalue weighted by molar-refractivity contribution is 0.319. The fraction of sp³-hybridized carbons (Fsp3) is 0.500. The van der Waals surface area contributed by atoms with Crippen LogP contribution >= 0.6 is 11.6 Å². The first-order valence-corrected chi connectivity index (χ1v) is 5.94. The van der Waals surface area contributed by atoms with Gasteiger partial charge in [-0.3, -0.25) is 4.90 Å². The molecular formula is C12H14ClF2N. The third-order valence-corrected chi connectivity index (χ3v) is 3.35. The van der Waals surface area contributed by atoms with Crippen molar-refractivity contribution in [1.82, 2.24) is 4.90 Å². The maximum absolute atomic E-state index is 13.0. The first-order valence-electron chi connectivity index (χ1n) is 5.40. The minimum atomic E-state index is -0.511. The lowest BCUT2D eigenvalue weighted by atomic mass is 10.1. The molecule has 0 aliphatic carbocycles. The second-order valence-corrected chi connectivity index (χ2v) is 4.63. The maximum Gasteiger partial charge on any atom is 0.126 e. The standard InChI is InChI=1S/C12H14ClF2N/c13-6-9-1-2-16(7-9)8-10-3-11(14)5-12(15)4-10/h3-5,9H,1-2,6-8H2. The molecule has 1 aromatic rings. The molecule has 0 radical (unpaired) electrons. The Balaban J connectivity index is 1.99. The molecule has 0 amide bonds. The highest BCUT2D eigenvalue weighted by molar-refractivity contribution is 6.18. The SMILES string of the molecule is Fc1cc(F)cc(CN2CCC(CCl)C2)c1. The molecule has 0 aromatic heterocycles. The molecule has 4 heteroatoms. The van der Waals surface area contributed by atoms with E-state index in [1.807, 2.05) is 0 Å². The predicted molar refractivity (Wildman–Crippen MR) is 60.5 cm³/mol. The summed E-state index contributed by atoms with van der Waals surface area (Å²) in [6.07, 6.45) is 1.07. The first kappa shape index (κ1) is 11.8. The molecule has 1 atom stereocenters. The van der Waals surface area contributed by atoms with E-state index >= 15 is 0 Å². The number of benzene rings is 1. The summed E-state index contributed by atoms with van der Waals surface area (Å²) < 4.78 is 25.9. The molecule has 1 aromatic carbocycles. The van der Waals surface area contributed by atoms with Crippen molar-refractivity contribution in [2.45, 2.75) is 13.0 Å². The molecule has 1 aliphatic rings. The molecule has 88 valence electrons. The van der Waals surface area contributed by atoms with E-state index in [0.717, 1.165) is 25.6 Å². The Morgan fingerprint density at radius 3 is 2.50 bits per heavy atom. The van der Waals surface area contributed by atoms with Gasteiger partial charge in [0.05, 0.1) is 0 Å². The summed E-state index contributed by atoms with van der Waals surface area (Å²) in [5, 5.41) is 0. The molecule has 1 heterocycles. The minimum Gasteiger partial charge on any atom is -0.299 e. The average Bonchev–Trinajstić information content (AvgIpc) is 2.64. The zero-order valence-corrected chi connectivity index (χ0v) is 9.68. The maximum atomic E-state index is 13.0. The highest BCUT2D eigenvalue weighted by atomic mass is 35.5. The molecule has 0 saturated carbocycles. The summed E-state index contributed by atoms with van der Waals surface area (Å²) in [6.45, 7) is 2.47. The zero-order valence-electron chi connectivity index (χ0n) is 8.93. The summed E-state index contributed by atoms with van der Waals surface area (Å²) in [5.74, 6) is 0.153. The number of nitrogens with zero attached hydrogens (tertiary/aromatic N) is 1. The van der Waals surface area contributed by atoms with Crippen molar-refractivity contribution in [1.29, 1.82) is 0 Å². The van der Waals surface area contributed by atoms with E-state index in [0.29, 0.717) is 23.9 Å². The number of alkyl halides is 1. The lowest BCUT2D eigenvalue weighted by Gasteiger charge is -2.15. The second-order valence-electron chi connectivity index (χ2n) is 4.32. The van der Waals surface area contributed by atoms with Crippen LogP contribution in [0.1, 0.15) is 12.0 Å². The van der Waals surface area contributed by atoms with Gasteiger partial charge in [0.2, 0.25) is 0 Å². The van der Waals surface area contributed by atoms with E-state index in [1.165, 1.54) is 12.1 Å². The number of hydrogen-bond donors (Lipinski definition) is 0. The van der Waals surface area contributed by atoms with Crippen molar-refractivity contribution in [3.05, 3.63) is 35.4 Å². The smallest absolute Gasteiger partial charge is 0.126 e. The largest absolute Gasteiger partial charge is 0.299 e. The van der Waals surface area contributed by atoms with Crippen LogP contribution in [0.15, 0.2) is 18.2 Å². The quantitative estimate of drug-likeness (QED) is 0.740. The molecule has 2 rings (SSSR count). The number of halogens is 3. The van der Waals surface area contributed by atoms with E-state index in [4.69, 9.17) is 11.6 Å². The van der Waals surface area contributed by atoms with Crippen LogP contribution in [0.4, 0.5) is 8.78 Å². The Hall–Kier alpha value is -0.670. The fourth-order valence-electron chi connectivity index (χ4n) is 2.14. The third-order valence-electron chi connectivity index (χ3n) is 2.92. The topological polar surface area (TPSA) is 3.24 Å². The Morgan fingerprint density at radius 1 is 1.25 bits per heavy atom. The Labute approximate surface area is 99.0 Å². The molecule has 1 unspecified atom stereocenters. The number of likely N-dealkylation sites (tertiary alicyclic amines) is 1. The number of rotatable bonds is 3. The molecular weight excluding hydrogens is 232 g/mol. The van der Waals surface area contributed by atoms with Crippen LogP contribution in [0.5, 0.6) is 0 Å². The average molecular weight is 246 g/mol. The zero-order chi connectivity index (χ0) is 11.5. The number of hydrogen-bond acceptors (Lipinski definition) is 1. The van der Waals surface area contributed by atoms with Crippen molar-refractivity contribution in [2.24, 2.45) is 5.92 Å². The molecule has 1 fully saturated rings. The van der Waals surface area contributed by atoms with Crippen LogP contribution in [-0.4, -0.2) is 23.9 Å². The molecule has 1 aliphatic heterocycles. The summed E-state index contributed by atoms with van der Waals surface area (Å²) in [7, 11) is 0. The van der Waals surface area contributed by atoms with Gasteiger partial charge in [-0.2, -0.15) is 0 Å². The highest BCUT2D eigenvalue weighted by Crippen LogP contribution is 2.20.